The summed E-state index contributed by atoms with van der Waals surface area (Å²) in [5.74, 6) is 1.49. The number of halogens is 1. The van der Waals surface area contributed by atoms with Crippen LogP contribution in [0.1, 0.15) is 12.0 Å². The highest BCUT2D eigenvalue weighted by Gasteiger charge is 2.19. The van der Waals surface area contributed by atoms with E-state index in [1.165, 1.54) is 0 Å². The van der Waals surface area contributed by atoms with Crippen molar-refractivity contribution < 1.29 is 9.47 Å². The smallest absolute Gasteiger partial charge is 0.231 e. The van der Waals surface area contributed by atoms with Crippen molar-refractivity contribution in [3.8, 4) is 11.5 Å². The Morgan fingerprint density at radius 3 is 3.05 bits per heavy atom. The molecule has 1 aromatic heterocycles. The van der Waals surface area contributed by atoms with Gasteiger partial charge in [0.25, 0.3) is 0 Å². The van der Waals surface area contributed by atoms with Gasteiger partial charge < -0.3 is 19.4 Å². The van der Waals surface area contributed by atoms with Gasteiger partial charge in [0.15, 0.2) is 16.3 Å². The topological polar surface area (TPSA) is 62.4 Å². The first-order valence-corrected chi connectivity index (χ1v) is 8.02. The van der Waals surface area contributed by atoms with Gasteiger partial charge in [0.1, 0.15) is 0 Å². The number of hydrogen-bond acceptors (Lipinski definition) is 4. The quantitative estimate of drug-likeness (QED) is 0.621. The van der Waals surface area contributed by atoms with Crippen LogP contribution in [-0.4, -0.2) is 29.0 Å². The third-order valence-corrected chi connectivity index (χ3v) is 4.52. The Balaban J connectivity index is 1.68. The van der Waals surface area contributed by atoms with Crippen molar-refractivity contribution in [2.45, 2.75) is 12.5 Å². The van der Waals surface area contributed by atoms with E-state index < -0.39 is 0 Å². The summed E-state index contributed by atoms with van der Waals surface area (Å²) < 4.78 is 12.5. The fourth-order valence-corrected chi connectivity index (χ4v) is 3.20. The molecule has 1 aliphatic carbocycles. The number of imidazole rings is 1. The second-order valence-electron chi connectivity index (χ2n) is 5.05. The van der Waals surface area contributed by atoms with Gasteiger partial charge in [-0.25, -0.2) is 0 Å². The van der Waals surface area contributed by atoms with Gasteiger partial charge in [-0.15, -0.1) is 0 Å². The highest BCUT2D eigenvalue weighted by Crippen LogP contribution is 2.38. The molecule has 0 amide bonds. The first-order valence-electron chi connectivity index (χ1n) is 6.82. The lowest BCUT2D eigenvalue weighted by Gasteiger charge is -2.08. The van der Waals surface area contributed by atoms with Gasteiger partial charge in [0.2, 0.25) is 6.79 Å². The number of ether oxygens (including phenoxy) is 2. The average Bonchev–Trinajstić information content (AvgIpc) is 3.10. The number of H-pyrrole nitrogens is 2. The summed E-state index contributed by atoms with van der Waals surface area (Å²) in [5.41, 5.74) is 0.899. The lowest BCUT2D eigenvalue weighted by atomic mass is 10.1. The molecule has 1 unspecified atom stereocenters. The lowest BCUT2D eigenvalue weighted by molar-refractivity contribution is 0.174. The Bertz CT molecular complexity index is 945. The molecule has 1 aliphatic heterocycles. The van der Waals surface area contributed by atoms with Gasteiger partial charge >= 0.3 is 0 Å². The molecule has 2 aromatic rings. The minimum absolute atomic E-state index is 0.0685. The van der Waals surface area contributed by atoms with E-state index in [0.29, 0.717) is 4.77 Å². The molecule has 5 nitrogen and oxygen atoms in total. The van der Waals surface area contributed by atoms with E-state index in [9.17, 15) is 0 Å². The molecule has 112 valence electrons. The van der Waals surface area contributed by atoms with Crippen molar-refractivity contribution in [1.29, 1.82) is 0 Å². The summed E-state index contributed by atoms with van der Waals surface area (Å²) in [7, 11) is 0. The van der Waals surface area contributed by atoms with Crippen LogP contribution in [-0.2, 0) is 0 Å². The summed E-state index contributed by atoms with van der Waals surface area (Å²) in [5, 5.41) is 2.03. The van der Waals surface area contributed by atoms with E-state index in [-0.39, 0.29) is 12.8 Å². The molecule has 0 radical (unpaired) electrons. The van der Waals surface area contributed by atoms with Crippen LogP contribution in [0.3, 0.4) is 0 Å². The maximum atomic E-state index is 5.52. The summed E-state index contributed by atoms with van der Waals surface area (Å²) in [6.45, 7) is 0.249. The zero-order valence-electron chi connectivity index (χ0n) is 11.4. The molecule has 1 atom stereocenters. The lowest BCUT2D eigenvalue weighted by Crippen LogP contribution is -2.30. The van der Waals surface area contributed by atoms with Crippen LogP contribution < -0.4 is 20.2 Å². The Kier molecular flexibility index (Phi) is 3.38. The molecule has 2 aliphatic rings. The minimum Gasteiger partial charge on any atom is -0.454 e. The Hall–Kier alpha value is -1.86. The number of nitrogens with zero attached hydrogens (tertiary/aromatic N) is 1. The summed E-state index contributed by atoms with van der Waals surface area (Å²) >= 11 is 8.64. The summed E-state index contributed by atoms with van der Waals surface area (Å²) in [6.07, 6.45) is 6.84. The number of aromatic amines is 2. The van der Waals surface area contributed by atoms with E-state index in [1.54, 1.807) is 0 Å². The van der Waals surface area contributed by atoms with E-state index in [2.05, 4.69) is 43.0 Å². The molecule has 2 heterocycles. The number of aromatic nitrogens is 2. The molecule has 0 fully saturated rings. The maximum Gasteiger partial charge on any atom is 0.231 e. The second kappa shape index (κ2) is 5.40. The first kappa shape index (κ1) is 13.8. The van der Waals surface area contributed by atoms with Crippen molar-refractivity contribution in [2.24, 2.45) is 4.99 Å². The molecular formula is C15H12BrN3O2S. The largest absolute Gasteiger partial charge is 0.454 e. The molecule has 0 spiro atoms. The first-order chi connectivity index (χ1) is 10.7. The van der Waals surface area contributed by atoms with Crippen molar-refractivity contribution in [3.05, 3.63) is 37.6 Å². The van der Waals surface area contributed by atoms with Gasteiger partial charge in [0, 0.05) is 10.7 Å². The Morgan fingerprint density at radius 1 is 1.27 bits per heavy atom. The van der Waals surface area contributed by atoms with Crippen molar-refractivity contribution >= 4 is 46.5 Å². The van der Waals surface area contributed by atoms with Gasteiger partial charge in [-0.1, -0.05) is 6.08 Å². The Labute approximate surface area is 139 Å². The minimum atomic E-state index is 0.0685. The summed E-state index contributed by atoms with van der Waals surface area (Å²) in [6, 6.07) is 3.89. The molecule has 22 heavy (non-hydrogen) atoms. The molecule has 0 saturated carbocycles. The monoisotopic (exact) mass is 377 g/mol. The SMILES string of the molecule is S=c1[nH]c2c([nH]1)=CC(/N=C/c1c(Br)ccc3c1OCO3)CC=2. The van der Waals surface area contributed by atoms with E-state index in [1.807, 2.05) is 18.3 Å². The molecule has 0 saturated heterocycles. The predicted octanol–water partition coefficient (Wildman–Crippen LogP) is 2.02. The van der Waals surface area contributed by atoms with Crippen molar-refractivity contribution in [1.82, 2.24) is 9.97 Å². The zero-order valence-corrected chi connectivity index (χ0v) is 13.8. The van der Waals surface area contributed by atoms with E-state index >= 15 is 0 Å². The molecule has 1 aromatic carbocycles. The van der Waals surface area contributed by atoms with Crippen LogP contribution in [0.15, 0.2) is 21.6 Å². The van der Waals surface area contributed by atoms with Gasteiger partial charge in [-0.05, 0) is 52.8 Å². The van der Waals surface area contributed by atoms with Crippen molar-refractivity contribution in [3.63, 3.8) is 0 Å². The number of hydrogen-bond donors (Lipinski definition) is 2. The number of rotatable bonds is 2. The molecule has 7 heteroatoms. The standard InChI is InChI=1S/C15H12BrN3O2S/c16-10-2-4-13-14(21-7-20-13)9(10)6-17-8-1-3-11-12(5-8)19-15(22)18-11/h2-6,8H,1,7H2,(H2,18,19,22)/b17-6+. The Morgan fingerprint density at radius 2 is 2.14 bits per heavy atom. The van der Waals surface area contributed by atoms with Gasteiger partial charge in [0.05, 0.1) is 22.3 Å². The van der Waals surface area contributed by atoms with Crippen LogP contribution in [0.4, 0.5) is 0 Å². The molecule has 2 N–H and O–H groups in total. The third kappa shape index (κ3) is 2.40. The fourth-order valence-electron chi connectivity index (χ4n) is 2.57. The van der Waals surface area contributed by atoms with Gasteiger partial charge in [-0.2, -0.15) is 0 Å². The number of aliphatic imine (C=N–C) groups is 1. The number of fused-ring (bicyclic) bond motifs is 2. The van der Waals surface area contributed by atoms with Crippen molar-refractivity contribution in [2.75, 3.05) is 6.79 Å². The highest BCUT2D eigenvalue weighted by molar-refractivity contribution is 9.10. The van der Waals surface area contributed by atoms with Crippen LogP contribution >= 0.6 is 28.1 Å². The number of nitrogens with one attached hydrogen (secondary N) is 2. The van der Waals surface area contributed by atoms with Crippen LogP contribution in [0.25, 0.3) is 12.2 Å². The third-order valence-electron chi connectivity index (χ3n) is 3.63. The average molecular weight is 378 g/mol. The summed E-state index contributed by atoms with van der Waals surface area (Å²) in [4.78, 5) is 10.9. The van der Waals surface area contributed by atoms with Crippen LogP contribution in [0.2, 0.25) is 0 Å². The van der Waals surface area contributed by atoms with E-state index in [4.69, 9.17) is 21.7 Å². The zero-order chi connectivity index (χ0) is 15.1. The molecular weight excluding hydrogens is 366 g/mol. The molecule has 0 bridgehead atoms. The van der Waals surface area contributed by atoms with E-state index in [0.717, 1.165) is 38.7 Å². The van der Waals surface area contributed by atoms with Gasteiger partial charge in [-0.3, -0.25) is 4.99 Å². The highest BCUT2D eigenvalue weighted by atomic mass is 79.9. The molecule has 4 rings (SSSR count). The maximum absolute atomic E-state index is 5.52. The number of benzene rings is 1. The second-order valence-corrected chi connectivity index (χ2v) is 6.32. The van der Waals surface area contributed by atoms with Crippen LogP contribution in [0.5, 0.6) is 11.5 Å². The van der Waals surface area contributed by atoms with Crippen LogP contribution in [0, 0.1) is 4.77 Å². The fraction of sp³-hybridized carbons (Fsp3) is 0.200. The predicted molar refractivity (Wildman–Crippen MR) is 90.4 cm³/mol. The normalized spacial score (nSPS) is 18.9.